The van der Waals surface area contributed by atoms with Gasteiger partial charge in [-0.3, -0.25) is 4.79 Å². The van der Waals surface area contributed by atoms with Gasteiger partial charge in [0, 0.05) is 6.04 Å². The first-order valence-electron chi connectivity index (χ1n) is 7.98. The molecule has 1 aliphatic carbocycles. The normalized spacial score (nSPS) is 22.1. The molecule has 0 radical (unpaired) electrons. The van der Waals surface area contributed by atoms with Crippen LogP contribution < -0.4 is 5.32 Å². The minimum atomic E-state index is 0.157. The van der Waals surface area contributed by atoms with Crippen molar-refractivity contribution in [3.63, 3.8) is 0 Å². The Bertz CT molecular complexity index is 626. The van der Waals surface area contributed by atoms with Gasteiger partial charge in [-0.05, 0) is 47.9 Å². The zero-order chi connectivity index (χ0) is 14.7. The molecule has 21 heavy (non-hydrogen) atoms. The molecular formula is C19H23NO. The van der Waals surface area contributed by atoms with Crippen LogP contribution in [0.2, 0.25) is 0 Å². The summed E-state index contributed by atoms with van der Waals surface area (Å²) in [6, 6.07) is 14.9. The number of hydrogen-bond acceptors (Lipinski definition) is 1. The van der Waals surface area contributed by atoms with Gasteiger partial charge in [0.2, 0.25) is 5.91 Å². The van der Waals surface area contributed by atoms with Crippen molar-refractivity contribution in [3.8, 4) is 0 Å². The molecular weight excluding hydrogens is 258 g/mol. The van der Waals surface area contributed by atoms with E-state index in [1.54, 1.807) is 0 Å². The Hall–Kier alpha value is -1.83. The van der Waals surface area contributed by atoms with Crippen LogP contribution in [0.5, 0.6) is 0 Å². The van der Waals surface area contributed by atoms with Gasteiger partial charge < -0.3 is 5.32 Å². The first kappa shape index (κ1) is 14.1. The van der Waals surface area contributed by atoms with Crippen LogP contribution in [-0.2, 0) is 11.2 Å². The number of benzene rings is 2. The van der Waals surface area contributed by atoms with E-state index in [0.717, 1.165) is 24.3 Å². The summed E-state index contributed by atoms with van der Waals surface area (Å²) >= 11 is 0. The van der Waals surface area contributed by atoms with Crippen LogP contribution in [0, 0.1) is 5.92 Å². The van der Waals surface area contributed by atoms with Crippen LogP contribution >= 0.6 is 0 Å². The Morgan fingerprint density at radius 1 is 1.05 bits per heavy atom. The highest BCUT2D eigenvalue weighted by molar-refractivity contribution is 5.85. The summed E-state index contributed by atoms with van der Waals surface area (Å²) in [6.07, 6.45) is 5.22. The highest BCUT2D eigenvalue weighted by Gasteiger charge is 2.19. The van der Waals surface area contributed by atoms with Gasteiger partial charge in [-0.25, -0.2) is 0 Å². The molecule has 110 valence electrons. The van der Waals surface area contributed by atoms with Gasteiger partial charge in [0.25, 0.3) is 0 Å². The fourth-order valence-corrected chi connectivity index (χ4v) is 3.22. The van der Waals surface area contributed by atoms with Crippen LogP contribution in [0.1, 0.15) is 38.2 Å². The Morgan fingerprint density at radius 3 is 2.52 bits per heavy atom. The molecule has 0 heterocycles. The predicted molar refractivity (Wildman–Crippen MR) is 87.2 cm³/mol. The smallest absolute Gasteiger partial charge is 0.224 e. The van der Waals surface area contributed by atoms with Gasteiger partial charge in [-0.15, -0.1) is 0 Å². The number of rotatable bonds is 3. The SMILES string of the molecule is CC1CCC(NC(=O)Cc2ccc3ccccc3c2)CC1. The fraction of sp³-hybridized carbons (Fsp3) is 0.421. The zero-order valence-corrected chi connectivity index (χ0v) is 12.6. The van der Waals surface area contributed by atoms with Gasteiger partial charge in [-0.1, -0.05) is 49.4 Å². The molecule has 1 aliphatic rings. The van der Waals surface area contributed by atoms with Crippen molar-refractivity contribution in [3.05, 3.63) is 48.0 Å². The van der Waals surface area contributed by atoms with E-state index in [-0.39, 0.29) is 5.91 Å². The second-order valence-corrected chi connectivity index (χ2v) is 6.38. The molecule has 0 unspecified atom stereocenters. The molecule has 0 bridgehead atoms. The van der Waals surface area contributed by atoms with E-state index in [1.165, 1.54) is 23.6 Å². The maximum atomic E-state index is 12.2. The fourth-order valence-electron chi connectivity index (χ4n) is 3.22. The first-order valence-corrected chi connectivity index (χ1v) is 7.98. The molecule has 3 rings (SSSR count). The molecule has 2 nitrogen and oxygen atoms in total. The maximum Gasteiger partial charge on any atom is 0.224 e. The number of amides is 1. The second-order valence-electron chi connectivity index (χ2n) is 6.38. The lowest BCUT2D eigenvalue weighted by molar-refractivity contribution is -0.121. The average Bonchev–Trinajstić information content (AvgIpc) is 2.49. The number of fused-ring (bicyclic) bond motifs is 1. The van der Waals surface area contributed by atoms with E-state index in [9.17, 15) is 4.79 Å². The van der Waals surface area contributed by atoms with Crippen LogP contribution in [0.3, 0.4) is 0 Å². The van der Waals surface area contributed by atoms with E-state index in [4.69, 9.17) is 0 Å². The minimum absolute atomic E-state index is 0.157. The molecule has 0 spiro atoms. The standard InChI is InChI=1S/C19H23NO/c1-14-6-10-18(11-7-14)20-19(21)13-15-8-9-16-4-2-3-5-17(16)12-15/h2-5,8-9,12,14,18H,6-7,10-11,13H2,1H3,(H,20,21). The van der Waals surface area contributed by atoms with Crippen molar-refractivity contribution in [2.75, 3.05) is 0 Å². The van der Waals surface area contributed by atoms with Crippen LogP contribution in [0.25, 0.3) is 10.8 Å². The van der Waals surface area contributed by atoms with E-state index >= 15 is 0 Å². The van der Waals surface area contributed by atoms with E-state index in [2.05, 4.69) is 42.6 Å². The van der Waals surface area contributed by atoms with Crippen LogP contribution in [-0.4, -0.2) is 11.9 Å². The molecule has 1 amide bonds. The molecule has 0 aliphatic heterocycles. The van der Waals surface area contributed by atoms with Gasteiger partial charge >= 0.3 is 0 Å². The van der Waals surface area contributed by atoms with Gasteiger partial charge in [0.15, 0.2) is 0 Å². The van der Waals surface area contributed by atoms with E-state index < -0.39 is 0 Å². The summed E-state index contributed by atoms with van der Waals surface area (Å²) in [6.45, 7) is 2.30. The predicted octanol–water partition coefficient (Wildman–Crippen LogP) is 4.08. The van der Waals surface area contributed by atoms with E-state index in [1.807, 2.05) is 12.1 Å². The molecule has 0 aromatic heterocycles. The third-order valence-electron chi connectivity index (χ3n) is 4.56. The molecule has 2 aromatic rings. The molecule has 1 N–H and O–H groups in total. The monoisotopic (exact) mass is 281 g/mol. The zero-order valence-electron chi connectivity index (χ0n) is 12.6. The number of hydrogen-bond donors (Lipinski definition) is 1. The van der Waals surface area contributed by atoms with Crippen LogP contribution in [0.15, 0.2) is 42.5 Å². The molecule has 2 aromatic carbocycles. The van der Waals surface area contributed by atoms with Gasteiger partial charge in [0.05, 0.1) is 6.42 Å². The van der Waals surface area contributed by atoms with Crippen molar-refractivity contribution in [2.45, 2.75) is 45.1 Å². The topological polar surface area (TPSA) is 29.1 Å². The minimum Gasteiger partial charge on any atom is -0.353 e. The van der Waals surface area contributed by atoms with E-state index in [0.29, 0.717) is 12.5 Å². The molecule has 1 saturated carbocycles. The van der Waals surface area contributed by atoms with Crippen molar-refractivity contribution in [1.29, 1.82) is 0 Å². The van der Waals surface area contributed by atoms with Crippen molar-refractivity contribution in [1.82, 2.24) is 5.32 Å². The van der Waals surface area contributed by atoms with Crippen molar-refractivity contribution < 1.29 is 4.79 Å². The Labute approximate surface area is 126 Å². The largest absolute Gasteiger partial charge is 0.353 e. The maximum absolute atomic E-state index is 12.2. The summed E-state index contributed by atoms with van der Waals surface area (Å²) in [5, 5.41) is 5.62. The number of carbonyl (C=O) groups excluding carboxylic acids is 1. The van der Waals surface area contributed by atoms with Crippen molar-refractivity contribution >= 4 is 16.7 Å². The van der Waals surface area contributed by atoms with Crippen molar-refractivity contribution in [2.24, 2.45) is 5.92 Å². The average molecular weight is 281 g/mol. The highest BCUT2D eigenvalue weighted by Crippen LogP contribution is 2.23. The highest BCUT2D eigenvalue weighted by atomic mass is 16.1. The summed E-state index contributed by atoms with van der Waals surface area (Å²) < 4.78 is 0. The van der Waals surface area contributed by atoms with Gasteiger partial charge in [0.1, 0.15) is 0 Å². The summed E-state index contributed by atoms with van der Waals surface area (Å²) in [5.41, 5.74) is 1.09. The summed E-state index contributed by atoms with van der Waals surface area (Å²) in [4.78, 5) is 12.2. The Balaban J connectivity index is 1.60. The molecule has 2 heteroatoms. The second kappa shape index (κ2) is 6.30. The van der Waals surface area contributed by atoms with Gasteiger partial charge in [-0.2, -0.15) is 0 Å². The summed E-state index contributed by atoms with van der Waals surface area (Å²) in [7, 11) is 0. The third kappa shape index (κ3) is 3.63. The quantitative estimate of drug-likeness (QED) is 0.902. The third-order valence-corrected chi connectivity index (χ3v) is 4.56. The lowest BCUT2D eigenvalue weighted by Crippen LogP contribution is -2.38. The molecule has 1 fully saturated rings. The first-order chi connectivity index (χ1) is 10.2. The number of nitrogens with one attached hydrogen (secondary N) is 1. The number of carbonyl (C=O) groups is 1. The Morgan fingerprint density at radius 2 is 1.76 bits per heavy atom. The lowest BCUT2D eigenvalue weighted by Gasteiger charge is -2.26. The molecule has 0 saturated heterocycles. The van der Waals surface area contributed by atoms with Crippen LogP contribution in [0.4, 0.5) is 0 Å². The summed E-state index contributed by atoms with van der Waals surface area (Å²) in [5.74, 6) is 0.975. The molecule has 0 atom stereocenters. The lowest BCUT2D eigenvalue weighted by atomic mass is 9.87. The Kier molecular flexibility index (Phi) is 4.23.